The molecule has 1 amide bonds. The Hall–Kier alpha value is -0.570. The van der Waals surface area contributed by atoms with Gasteiger partial charge in [-0.25, -0.2) is 0 Å². The zero-order valence-corrected chi connectivity index (χ0v) is 10.5. The summed E-state index contributed by atoms with van der Waals surface area (Å²) in [4.78, 5) is 12.3. The van der Waals surface area contributed by atoms with E-state index in [0.717, 1.165) is 50.7 Å². The SMILES string of the molecule is CCC1(C(=O)NCC2CC2C)CCNCC1. The number of piperidine rings is 1. The molecule has 0 bridgehead atoms. The molecule has 0 spiro atoms. The van der Waals surface area contributed by atoms with Gasteiger partial charge in [0.1, 0.15) is 0 Å². The molecule has 2 aliphatic rings. The molecule has 1 aliphatic carbocycles. The van der Waals surface area contributed by atoms with Gasteiger partial charge in [-0.3, -0.25) is 4.79 Å². The van der Waals surface area contributed by atoms with Gasteiger partial charge in [0.2, 0.25) is 5.91 Å². The zero-order valence-electron chi connectivity index (χ0n) is 10.5. The van der Waals surface area contributed by atoms with Crippen LogP contribution in [0.5, 0.6) is 0 Å². The van der Waals surface area contributed by atoms with Crippen molar-refractivity contribution in [2.24, 2.45) is 17.3 Å². The van der Waals surface area contributed by atoms with Crippen molar-refractivity contribution in [3.8, 4) is 0 Å². The smallest absolute Gasteiger partial charge is 0.226 e. The van der Waals surface area contributed by atoms with Gasteiger partial charge < -0.3 is 10.6 Å². The Kier molecular flexibility index (Phi) is 3.53. The maximum atomic E-state index is 12.3. The van der Waals surface area contributed by atoms with Gasteiger partial charge in [-0.2, -0.15) is 0 Å². The van der Waals surface area contributed by atoms with Gasteiger partial charge in [0.15, 0.2) is 0 Å². The van der Waals surface area contributed by atoms with E-state index in [0.29, 0.717) is 5.91 Å². The molecule has 0 aromatic rings. The van der Waals surface area contributed by atoms with Crippen LogP contribution in [-0.4, -0.2) is 25.5 Å². The minimum Gasteiger partial charge on any atom is -0.355 e. The van der Waals surface area contributed by atoms with Crippen LogP contribution in [-0.2, 0) is 4.79 Å². The summed E-state index contributed by atoms with van der Waals surface area (Å²) in [7, 11) is 0. The van der Waals surface area contributed by atoms with E-state index in [1.54, 1.807) is 0 Å². The molecule has 2 rings (SSSR count). The molecule has 0 radical (unpaired) electrons. The molecule has 1 heterocycles. The van der Waals surface area contributed by atoms with E-state index in [2.05, 4.69) is 24.5 Å². The molecule has 2 N–H and O–H groups in total. The molecular formula is C13H24N2O. The number of rotatable bonds is 4. The van der Waals surface area contributed by atoms with Gasteiger partial charge in [-0.15, -0.1) is 0 Å². The molecule has 2 unspecified atom stereocenters. The monoisotopic (exact) mass is 224 g/mol. The van der Waals surface area contributed by atoms with Gasteiger partial charge in [0.25, 0.3) is 0 Å². The molecule has 2 atom stereocenters. The lowest BCUT2D eigenvalue weighted by molar-refractivity contribution is -0.132. The van der Waals surface area contributed by atoms with Crippen molar-refractivity contribution < 1.29 is 4.79 Å². The van der Waals surface area contributed by atoms with Crippen molar-refractivity contribution in [1.82, 2.24) is 10.6 Å². The number of carbonyl (C=O) groups is 1. The van der Waals surface area contributed by atoms with Gasteiger partial charge in [0.05, 0.1) is 5.41 Å². The fourth-order valence-electron chi connectivity index (χ4n) is 2.74. The zero-order chi connectivity index (χ0) is 11.6. The third-order valence-electron chi connectivity index (χ3n) is 4.52. The molecule has 92 valence electrons. The van der Waals surface area contributed by atoms with Crippen molar-refractivity contribution in [1.29, 1.82) is 0 Å². The fraction of sp³-hybridized carbons (Fsp3) is 0.923. The first kappa shape index (κ1) is 11.9. The van der Waals surface area contributed by atoms with Gasteiger partial charge >= 0.3 is 0 Å². The maximum Gasteiger partial charge on any atom is 0.226 e. The Bertz CT molecular complexity index is 259. The second kappa shape index (κ2) is 4.74. The lowest BCUT2D eigenvalue weighted by Gasteiger charge is -2.35. The average Bonchev–Trinajstić information content (AvgIpc) is 3.03. The first-order chi connectivity index (χ1) is 7.68. The Morgan fingerprint density at radius 2 is 2.06 bits per heavy atom. The molecule has 0 aromatic heterocycles. The van der Waals surface area contributed by atoms with E-state index in [1.165, 1.54) is 6.42 Å². The summed E-state index contributed by atoms with van der Waals surface area (Å²) in [5.41, 5.74) is -0.0800. The highest BCUT2D eigenvalue weighted by Gasteiger charge is 2.39. The Labute approximate surface area is 98.4 Å². The fourth-order valence-corrected chi connectivity index (χ4v) is 2.74. The van der Waals surface area contributed by atoms with Crippen molar-refractivity contribution in [2.75, 3.05) is 19.6 Å². The number of carbonyl (C=O) groups excluding carboxylic acids is 1. The van der Waals surface area contributed by atoms with Crippen LogP contribution in [0.2, 0.25) is 0 Å². The third-order valence-corrected chi connectivity index (χ3v) is 4.52. The highest BCUT2D eigenvalue weighted by atomic mass is 16.2. The Balaban J connectivity index is 1.84. The molecule has 1 aliphatic heterocycles. The molecule has 3 heteroatoms. The third kappa shape index (κ3) is 2.40. The molecule has 16 heavy (non-hydrogen) atoms. The summed E-state index contributed by atoms with van der Waals surface area (Å²) in [5.74, 6) is 1.88. The van der Waals surface area contributed by atoms with E-state index in [9.17, 15) is 4.79 Å². The number of amides is 1. The minimum atomic E-state index is -0.0800. The topological polar surface area (TPSA) is 41.1 Å². The Morgan fingerprint density at radius 1 is 1.44 bits per heavy atom. The summed E-state index contributed by atoms with van der Waals surface area (Å²) >= 11 is 0. The molecular weight excluding hydrogens is 200 g/mol. The van der Waals surface area contributed by atoms with Crippen molar-refractivity contribution >= 4 is 5.91 Å². The van der Waals surface area contributed by atoms with E-state index in [-0.39, 0.29) is 5.41 Å². The van der Waals surface area contributed by atoms with E-state index < -0.39 is 0 Å². The van der Waals surface area contributed by atoms with Gasteiger partial charge in [-0.05, 0) is 50.6 Å². The van der Waals surface area contributed by atoms with Crippen LogP contribution in [0, 0.1) is 17.3 Å². The highest BCUT2D eigenvalue weighted by molar-refractivity contribution is 5.82. The largest absolute Gasteiger partial charge is 0.355 e. The first-order valence-corrected chi connectivity index (χ1v) is 6.67. The van der Waals surface area contributed by atoms with E-state index >= 15 is 0 Å². The van der Waals surface area contributed by atoms with Crippen molar-refractivity contribution in [3.05, 3.63) is 0 Å². The normalized spacial score (nSPS) is 32.1. The van der Waals surface area contributed by atoms with Gasteiger partial charge in [0, 0.05) is 6.54 Å². The van der Waals surface area contributed by atoms with Crippen LogP contribution in [0.1, 0.15) is 39.5 Å². The second-order valence-corrected chi connectivity index (χ2v) is 5.57. The quantitative estimate of drug-likeness (QED) is 0.760. The molecule has 1 saturated carbocycles. The Morgan fingerprint density at radius 3 is 2.56 bits per heavy atom. The average molecular weight is 224 g/mol. The maximum absolute atomic E-state index is 12.3. The van der Waals surface area contributed by atoms with Crippen LogP contribution >= 0.6 is 0 Å². The summed E-state index contributed by atoms with van der Waals surface area (Å²) in [6.45, 7) is 7.28. The molecule has 0 aromatic carbocycles. The van der Waals surface area contributed by atoms with Crippen LogP contribution in [0.25, 0.3) is 0 Å². The molecule has 1 saturated heterocycles. The number of nitrogens with one attached hydrogen (secondary N) is 2. The van der Waals surface area contributed by atoms with Crippen molar-refractivity contribution in [3.63, 3.8) is 0 Å². The lowest BCUT2D eigenvalue weighted by atomic mass is 9.76. The van der Waals surface area contributed by atoms with E-state index in [1.807, 2.05) is 0 Å². The van der Waals surface area contributed by atoms with Crippen LogP contribution < -0.4 is 10.6 Å². The van der Waals surface area contributed by atoms with Gasteiger partial charge in [-0.1, -0.05) is 13.8 Å². The molecule has 2 fully saturated rings. The highest BCUT2D eigenvalue weighted by Crippen LogP contribution is 2.38. The molecule has 3 nitrogen and oxygen atoms in total. The summed E-state index contributed by atoms with van der Waals surface area (Å²) in [6.07, 6.45) is 4.26. The standard InChI is InChI=1S/C13H24N2O/c1-3-13(4-6-14-7-5-13)12(16)15-9-11-8-10(11)2/h10-11,14H,3-9H2,1-2H3,(H,15,16). The predicted octanol–water partition coefficient (Wildman–Crippen LogP) is 1.54. The number of hydrogen-bond acceptors (Lipinski definition) is 2. The second-order valence-electron chi connectivity index (χ2n) is 5.57. The first-order valence-electron chi connectivity index (χ1n) is 6.67. The summed E-state index contributed by atoms with van der Waals surface area (Å²) in [5, 5.41) is 6.50. The predicted molar refractivity (Wildman–Crippen MR) is 65.1 cm³/mol. The minimum absolute atomic E-state index is 0.0800. The van der Waals surface area contributed by atoms with Crippen LogP contribution in [0.15, 0.2) is 0 Å². The summed E-state index contributed by atoms with van der Waals surface area (Å²) in [6, 6.07) is 0. The van der Waals surface area contributed by atoms with Crippen LogP contribution in [0.3, 0.4) is 0 Å². The number of hydrogen-bond donors (Lipinski definition) is 2. The van der Waals surface area contributed by atoms with Crippen LogP contribution in [0.4, 0.5) is 0 Å². The summed E-state index contributed by atoms with van der Waals surface area (Å²) < 4.78 is 0. The lowest BCUT2D eigenvalue weighted by Crippen LogP contribution is -2.47. The van der Waals surface area contributed by atoms with Crippen molar-refractivity contribution in [2.45, 2.75) is 39.5 Å². The van der Waals surface area contributed by atoms with E-state index in [4.69, 9.17) is 0 Å².